The van der Waals surface area contributed by atoms with Gasteiger partial charge in [-0.05, 0) is 36.0 Å². The van der Waals surface area contributed by atoms with Crippen molar-refractivity contribution in [2.24, 2.45) is 0 Å². The van der Waals surface area contributed by atoms with E-state index < -0.39 is 0 Å². The second kappa shape index (κ2) is 3.49. The molecule has 0 unspecified atom stereocenters. The van der Waals surface area contributed by atoms with Gasteiger partial charge in [-0.1, -0.05) is 32.9 Å². The first-order valence-corrected chi connectivity index (χ1v) is 4.74. The maximum Gasteiger partial charge on any atom is 0.127 e. The molecule has 1 aromatic carbocycles. The third-order valence-corrected chi connectivity index (χ3v) is 2.78. The Morgan fingerprint density at radius 1 is 1.31 bits per heavy atom. The number of halogens is 1. The van der Waals surface area contributed by atoms with Crippen LogP contribution in [0.25, 0.3) is 0 Å². The molecule has 0 saturated heterocycles. The van der Waals surface area contributed by atoms with Gasteiger partial charge in [0.05, 0.1) is 0 Å². The Bertz CT molecular complexity index is 280. The first-order chi connectivity index (χ1) is 5.99. The number of rotatable bonds is 2. The highest BCUT2D eigenvalue weighted by atomic mass is 19.1. The Balaban J connectivity index is 3.28. The van der Waals surface area contributed by atoms with Gasteiger partial charge in [0.25, 0.3) is 0 Å². The predicted octanol–water partition coefficient (Wildman–Crippen LogP) is 3.82. The minimum Gasteiger partial charge on any atom is -0.207 e. The molecule has 0 nitrogen and oxygen atoms in total. The monoisotopic (exact) mass is 180 g/mol. The van der Waals surface area contributed by atoms with Crippen molar-refractivity contribution in [1.82, 2.24) is 0 Å². The number of benzene rings is 1. The summed E-state index contributed by atoms with van der Waals surface area (Å²) in [6, 6.07) is 5.27. The van der Waals surface area contributed by atoms with Crippen LogP contribution in [-0.4, -0.2) is 0 Å². The van der Waals surface area contributed by atoms with Crippen molar-refractivity contribution in [1.29, 1.82) is 0 Å². The first-order valence-electron chi connectivity index (χ1n) is 4.74. The van der Waals surface area contributed by atoms with Crippen molar-refractivity contribution in [2.75, 3.05) is 0 Å². The molecule has 0 aliphatic heterocycles. The molecule has 1 rings (SSSR count). The quantitative estimate of drug-likeness (QED) is 0.649. The van der Waals surface area contributed by atoms with Crippen molar-refractivity contribution in [3.63, 3.8) is 0 Å². The van der Waals surface area contributed by atoms with Crippen LogP contribution < -0.4 is 0 Å². The summed E-state index contributed by atoms with van der Waals surface area (Å²) in [7, 11) is 0. The Kier molecular flexibility index (Phi) is 2.74. The number of aryl methyl sites for hydroxylation is 1. The standard InChI is InChI=1S/C12H17F/c1-5-12(3,4)11-9(2)7-6-8-10(11)13/h6-8H,5H2,1-4H3. The zero-order valence-corrected chi connectivity index (χ0v) is 8.82. The van der Waals surface area contributed by atoms with Crippen molar-refractivity contribution in [2.45, 2.75) is 39.5 Å². The molecule has 0 atom stereocenters. The third kappa shape index (κ3) is 1.90. The van der Waals surface area contributed by atoms with Crippen LogP contribution in [0.5, 0.6) is 0 Å². The molecule has 0 spiro atoms. The van der Waals surface area contributed by atoms with Gasteiger partial charge in [-0.3, -0.25) is 0 Å². The summed E-state index contributed by atoms with van der Waals surface area (Å²) < 4.78 is 13.5. The average molecular weight is 180 g/mol. The molecule has 1 heteroatoms. The van der Waals surface area contributed by atoms with Crippen LogP contribution >= 0.6 is 0 Å². The second-order valence-corrected chi connectivity index (χ2v) is 4.17. The molecule has 0 aliphatic rings. The van der Waals surface area contributed by atoms with E-state index in [9.17, 15) is 4.39 Å². The van der Waals surface area contributed by atoms with E-state index in [0.717, 1.165) is 17.5 Å². The SMILES string of the molecule is CCC(C)(C)c1c(C)cccc1F. The van der Waals surface area contributed by atoms with Crippen LogP contribution in [0.3, 0.4) is 0 Å². The largest absolute Gasteiger partial charge is 0.207 e. The Morgan fingerprint density at radius 2 is 1.92 bits per heavy atom. The van der Waals surface area contributed by atoms with Crippen LogP contribution in [-0.2, 0) is 5.41 Å². The molecule has 0 radical (unpaired) electrons. The highest BCUT2D eigenvalue weighted by molar-refractivity contribution is 5.33. The summed E-state index contributed by atoms with van der Waals surface area (Å²) in [4.78, 5) is 0. The van der Waals surface area contributed by atoms with Crippen LogP contribution in [0, 0.1) is 12.7 Å². The van der Waals surface area contributed by atoms with Crippen molar-refractivity contribution >= 4 is 0 Å². The third-order valence-electron chi connectivity index (χ3n) is 2.78. The summed E-state index contributed by atoms with van der Waals surface area (Å²) >= 11 is 0. The first kappa shape index (κ1) is 10.2. The molecule has 0 fully saturated rings. The van der Waals surface area contributed by atoms with Gasteiger partial charge in [0, 0.05) is 0 Å². The Labute approximate surface area is 79.8 Å². The maximum absolute atomic E-state index is 13.5. The van der Waals surface area contributed by atoms with Gasteiger partial charge in [0.15, 0.2) is 0 Å². The van der Waals surface area contributed by atoms with Gasteiger partial charge in [0.2, 0.25) is 0 Å². The number of hydrogen-bond donors (Lipinski definition) is 0. The van der Waals surface area contributed by atoms with Gasteiger partial charge >= 0.3 is 0 Å². The zero-order valence-electron chi connectivity index (χ0n) is 8.82. The van der Waals surface area contributed by atoms with Gasteiger partial charge in [-0.15, -0.1) is 0 Å². The maximum atomic E-state index is 13.5. The lowest BCUT2D eigenvalue weighted by atomic mass is 9.79. The molecule has 72 valence electrons. The van der Waals surface area contributed by atoms with Crippen LogP contribution in [0.15, 0.2) is 18.2 Å². The molecule has 0 aliphatic carbocycles. The lowest BCUT2D eigenvalue weighted by Crippen LogP contribution is -2.19. The molecule has 0 aromatic heterocycles. The summed E-state index contributed by atoms with van der Waals surface area (Å²) in [5.74, 6) is -0.0770. The van der Waals surface area contributed by atoms with E-state index in [-0.39, 0.29) is 11.2 Å². The summed E-state index contributed by atoms with van der Waals surface area (Å²) in [5, 5.41) is 0. The fourth-order valence-electron chi connectivity index (χ4n) is 1.67. The summed E-state index contributed by atoms with van der Waals surface area (Å²) in [5.41, 5.74) is 1.85. The van der Waals surface area contributed by atoms with E-state index >= 15 is 0 Å². The molecular formula is C12H17F. The normalized spacial score (nSPS) is 11.8. The van der Waals surface area contributed by atoms with Crippen LogP contribution in [0.4, 0.5) is 4.39 Å². The van der Waals surface area contributed by atoms with E-state index in [4.69, 9.17) is 0 Å². The molecule has 13 heavy (non-hydrogen) atoms. The molecule has 0 bridgehead atoms. The molecule has 0 N–H and O–H groups in total. The molecule has 0 heterocycles. The minimum absolute atomic E-state index is 0.0601. The summed E-state index contributed by atoms with van der Waals surface area (Å²) in [6.07, 6.45) is 0.953. The fourth-order valence-corrected chi connectivity index (χ4v) is 1.67. The van der Waals surface area contributed by atoms with Crippen molar-refractivity contribution < 1.29 is 4.39 Å². The van der Waals surface area contributed by atoms with Gasteiger partial charge in [-0.25, -0.2) is 4.39 Å². The molecular weight excluding hydrogens is 163 g/mol. The fraction of sp³-hybridized carbons (Fsp3) is 0.500. The Morgan fingerprint density at radius 3 is 2.38 bits per heavy atom. The number of hydrogen-bond acceptors (Lipinski definition) is 0. The highest BCUT2D eigenvalue weighted by Crippen LogP contribution is 2.31. The molecule has 1 aromatic rings. The lowest BCUT2D eigenvalue weighted by Gasteiger charge is -2.25. The van der Waals surface area contributed by atoms with Crippen LogP contribution in [0.1, 0.15) is 38.3 Å². The molecule has 0 amide bonds. The van der Waals surface area contributed by atoms with E-state index in [1.807, 2.05) is 13.0 Å². The Hall–Kier alpha value is -0.850. The van der Waals surface area contributed by atoms with E-state index in [1.165, 1.54) is 0 Å². The average Bonchev–Trinajstić information content (AvgIpc) is 2.03. The minimum atomic E-state index is -0.0770. The van der Waals surface area contributed by atoms with Gasteiger partial charge in [0.1, 0.15) is 5.82 Å². The van der Waals surface area contributed by atoms with Gasteiger partial charge in [-0.2, -0.15) is 0 Å². The smallest absolute Gasteiger partial charge is 0.127 e. The predicted molar refractivity (Wildman–Crippen MR) is 54.5 cm³/mol. The van der Waals surface area contributed by atoms with E-state index in [0.29, 0.717) is 0 Å². The molecule has 0 saturated carbocycles. The lowest BCUT2D eigenvalue weighted by molar-refractivity contribution is 0.466. The highest BCUT2D eigenvalue weighted by Gasteiger charge is 2.23. The van der Waals surface area contributed by atoms with Crippen LogP contribution in [0.2, 0.25) is 0 Å². The zero-order chi connectivity index (χ0) is 10.1. The summed E-state index contributed by atoms with van der Waals surface area (Å²) in [6.45, 7) is 8.22. The topological polar surface area (TPSA) is 0 Å². The van der Waals surface area contributed by atoms with E-state index in [2.05, 4.69) is 20.8 Å². The van der Waals surface area contributed by atoms with Crippen molar-refractivity contribution in [3.05, 3.63) is 35.1 Å². The second-order valence-electron chi connectivity index (χ2n) is 4.17. The van der Waals surface area contributed by atoms with Crippen molar-refractivity contribution in [3.8, 4) is 0 Å². The van der Waals surface area contributed by atoms with Gasteiger partial charge < -0.3 is 0 Å². The van der Waals surface area contributed by atoms with E-state index in [1.54, 1.807) is 12.1 Å².